The summed E-state index contributed by atoms with van der Waals surface area (Å²) in [6.45, 7) is 1.92. The molecule has 2 atom stereocenters. The summed E-state index contributed by atoms with van der Waals surface area (Å²) in [5.41, 5.74) is 0.775. The Kier molecular flexibility index (Phi) is 10.2. The van der Waals surface area contributed by atoms with E-state index in [4.69, 9.17) is 14.9 Å². The Hall–Kier alpha value is -3.78. The van der Waals surface area contributed by atoms with E-state index in [0.717, 1.165) is 35.7 Å². The number of ether oxygens (including phenoxy) is 2. The Morgan fingerprint density at radius 3 is 2.30 bits per heavy atom. The molecular weight excluding hydrogens is 552 g/mol. The minimum atomic E-state index is -0.317. The van der Waals surface area contributed by atoms with Crippen molar-refractivity contribution in [3.63, 3.8) is 0 Å². The molecule has 2 amide bonds. The quantitative estimate of drug-likeness (QED) is 0.202. The molecule has 1 aliphatic carbocycles. The van der Waals surface area contributed by atoms with E-state index in [2.05, 4.69) is 36.0 Å². The largest absolute Gasteiger partial charge is 0.501 e. The van der Waals surface area contributed by atoms with Gasteiger partial charge in [0.05, 0.1) is 38.5 Å². The number of nitrogens with zero attached hydrogens (tertiary/aromatic N) is 5. The highest BCUT2D eigenvalue weighted by atomic mass is 32.1. The maximum absolute atomic E-state index is 12.5. The molecule has 4 rings (SSSR count). The third-order valence-electron chi connectivity index (χ3n) is 6.41. The summed E-state index contributed by atoms with van der Waals surface area (Å²) in [5, 5.41) is 33.2. The van der Waals surface area contributed by atoms with Gasteiger partial charge in [0.1, 0.15) is 15.8 Å². The van der Waals surface area contributed by atoms with Crippen molar-refractivity contribution >= 4 is 50.5 Å². The second kappa shape index (κ2) is 14.0. The van der Waals surface area contributed by atoms with Crippen LogP contribution in [0.4, 0.5) is 10.3 Å². The minimum absolute atomic E-state index is 0.0702. The topological polar surface area (TPSA) is 165 Å². The van der Waals surface area contributed by atoms with Gasteiger partial charge in [-0.1, -0.05) is 36.0 Å². The zero-order chi connectivity index (χ0) is 28.5. The normalized spacial score (nSPS) is 17.2. The van der Waals surface area contributed by atoms with E-state index in [1.807, 2.05) is 6.92 Å². The number of pyridine rings is 1. The molecule has 40 heavy (non-hydrogen) atoms. The van der Waals surface area contributed by atoms with E-state index in [9.17, 15) is 9.59 Å². The van der Waals surface area contributed by atoms with Gasteiger partial charge in [0.15, 0.2) is 0 Å². The highest BCUT2D eigenvalue weighted by Gasteiger charge is 2.29. The number of allylic oxidation sites excluding steroid dienone is 2. The summed E-state index contributed by atoms with van der Waals surface area (Å²) in [5.74, 6) is 1.15. The average Bonchev–Trinajstić information content (AvgIpc) is 3.61. The van der Waals surface area contributed by atoms with Gasteiger partial charge in [0, 0.05) is 36.2 Å². The van der Waals surface area contributed by atoms with Gasteiger partial charge < -0.3 is 25.5 Å². The van der Waals surface area contributed by atoms with Crippen molar-refractivity contribution in [2.75, 3.05) is 24.9 Å². The van der Waals surface area contributed by atoms with Gasteiger partial charge in [-0.05, 0) is 31.4 Å². The number of methoxy groups -OCH3 is 2. The molecule has 1 fully saturated rings. The van der Waals surface area contributed by atoms with Crippen molar-refractivity contribution in [3.8, 4) is 5.75 Å². The first-order chi connectivity index (χ1) is 19.4. The van der Waals surface area contributed by atoms with Crippen molar-refractivity contribution in [1.82, 2.24) is 25.4 Å². The van der Waals surface area contributed by atoms with Crippen LogP contribution in [0.25, 0.3) is 0 Å². The van der Waals surface area contributed by atoms with Gasteiger partial charge in [-0.2, -0.15) is 0 Å². The zero-order valence-corrected chi connectivity index (χ0v) is 24.2. The molecule has 3 aromatic rings. The Bertz CT molecular complexity index is 1370. The number of anilines is 2. The van der Waals surface area contributed by atoms with Gasteiger partial charge in [-0.15, -0.1) is 20.4 Å². The summed E-state index contributed by atoms with van der Waals surface area (Å²) in [6.07, 6.45) is 7.65. The summed E-state index contributed by atoms with van der Waals surface area (Å²) >= 11 is 2.75. The molecule has 0 radical (unpaired) electrons. The molecular formula is C26H32N8O4S2. The van der Waals surface area contributed by atoms with Crippen LogP contribution in [-0.2, 0) is 20.7 Å². The molecule has 3 heterocycles. The van der Waals surface area contributed by atoms with Crippen LogP contribution in [0.2, 0.25) is 0 Å². The number of nitrogens with one attached hydrogen (secondary N) is 3. The zero-order valence-electron chi connectivity index (χ0n) is 22.6. The fraction of sp³-hybridized carbons (Fsp3) is 0.462. The molecule has 0 bridgehead atoms. The molecule has 14 heteroatoms. The number of carbonyl (C=O) groups is 2. The molecule has 0 saturated heterocycles. The highest BCUT2D eigenvalue weighted by molar-refractivity contribution is 7.15. The molecule has 0 aromatic carbocycles. The van der Waals surface area contributed by atoms with Gasteiger partial charge >= 0.3 is 0 Å². The fourth-order valence-corrected chi connectivity index (χ4v) is 6.25. The number of rotatable bonds is 12. The smallest absolute Gasteiger partial charge is 0.232 e. The Labute approximate surface area is 240 Å². The lowest BCUT2D eigenvalue weighted by Gasteiger charge is -2.25. The van der Waals surface area contributed by atoms with Gasteiger partial charge in [0.25, 0.3) is 0 Å². The van der Waals surface area contributed by atoms with Crippen molar-refractivity contribution in [2.24, 2.45) is 0 Å². The first-order valence-electron chi connectivity index (χ1n) is 12.9. The number of hydrogen-bond donors (Lipinski definition) is 3. The second-order valence-electron chi connectivity index (χ2n) is 9.28. The number of amides is 2. The predicted octanol–water partition coefficient (Wildman–Crippen LogP) is 4.70. The summed E-state index contributed by atoms with van der Waals surface area (Å²) < 4.78 is 10.3. The van der Waals surface area contributed by atoms with E-state index in [-0.39, 0.29) is 42.2 Å². The maximum atomic E-state index is 12.5. The van der Waals surface area contributed by atoms with Crippen molar-refractivity contribution < 1.29 is 19.1 Å². The van der Waals surface area contributed by atoms with Crippen LogP contribution in [0.5, 0.6) is 5.75 Å². The Balaban J connectivity index is 1.30. The molecule has 0 spiro atoms. The molecule has 2 unspecified atom stereocenters. The Morgan fingerprint density at radius 2 is 1.70 bits per heavy atom. The van der Waals surface area contributed by atoms with E-state index in [1.165, 1.54) is 22.7 Å². The highest BCUT2D eigenvalue weighted by Crippen LogP contribution is 2.43. The summed E-state index contributed by atoms with van der Waals surface area (Å²) in [7, 11) is 3.12. The van der Waals surface area contributed by atoms with Crippen LogP contribution < -0.4 is 15.4 Å². The van der Waals surface area contributed by atoms with Gasteiger partial charge in [-0.3, -0.25) is 14.6 Å². The molecule has 12 nitrogen and oxygen atoms in total. The van der Waals surface area contributed by atoms with E-state index >= 15 is 0 Å². The molecule has 3 N–H and O–H groups in total. The predicted molar refractivity (Wildman–Crippen MR) is 153 cm³/mol. The standard InChI is InChI=1S/C26H32N8O4S2/c1-4-19(37-2)11-17(27)12-21(35)29-25-33-31-23(39-25)15-6-5-7-16(10-15)24-32-34-26(40-24)30-22(36)14-18-13-20(38-3)8-9-28-18/h8-9,11,13,15-16,27H,4-7,10,12,14H2,1-3H3,(H,29,33,35)(H,30,34,36)/b19-11+,27-17?. The van der Waals surface area contributed by atoms with Crippen molar-refractivity contribution in [2.45, 2.75) is 63.7 Å². The lowest BCUT2D eigenvalue weighted by Crippen LogP contribution is -2.15. The monoisotopic (exact) mass is 584 g/mol. The van der Waals surface area contributed by atoms with Crippen LogP contribution in [0.1, 0.15) is 73.0 Å². The van der Waals surface area contributed by atoms with E-state index < -0.39 is 0 Å². The summed E-state index contributed by atoms with van der Waals surface area (Å²) in [6, 6.07) is 3.46. The lowest BCUT2D eigenvalue weighted by molar-refractivity contribution is -0.116. The van der Waals surface area contributed by atoms with Crippen LogP contribution in [0, 0.1) is 5.41 Å². The number of carbonyl (C=O) groups excluding carboxylic acids is 2. The summed E-state index contributed by atoms with van der Waals surface area (Å²) in [4.78, 5) is 29.1. The van der Waals surface area contributed by atoms with Gasteiger partial charge in [-0.25, -0.2) is 0 Å². The molecule has 212 valence electrons. The lowest BCUT2D eigenvalue weighted by atomic mass is 9.82. The van der Waals surface area contributed by atoms with E-state index in [1.54, 1.807) is 38.6 Å². The van der Waals surface area contributed by atoms with Crippen LogP contribution in [-0.4, -0.2) is 57.1 Å². The van der Waals surface area contributed by atoms with Crippen molar-refractivity contribution in [1.29, 1.82) is 5.41 Å². The Morgan fingerprint density at radius 1 is 1.05 bits per heavy atom. The van der Waals surface area contributed by atoms with Crippen LogP contribution >= 0.6 is 22.7 Å². The SMILES string of the molecule is CC/C(=C\C(=N)CC(=O)Nc1nnc(C2CCCC(c3nnc(NC(=O)Cc4cc(OC)ccn4)s3)C2)s1)OC. The first kappa shape index (κ1) is 29.2. The third kappa shape index (κ3) is 8.11. The maximum Gasteiger partial charge on any atom is 0.232 e. The minimum Gasteiger partial charge on any atom is -0.501 e. The van der Waals surface area contributed by atoms with Gasteiger partial charge in [0.2, 0.25) is 22.1 Å². The van der Waals surface area contributed by atoms with Crippen molar-refractivity contribution in [3.05, 3.63) is 45.9 Å². The number of aromatic nitrogens is 5. The molecule has 3 aromatic heterocycles. The van der Waals surface area contributed by atoms with Crippen LogP contribution in [0.15, 0.2) is 30.2 Å². The second-order valence-corrected chi connectivity index (χ2v) is 11.3. The average molecular weight is 585 g/mol. The number of hydrogen-bond acceptors (Lipinski definition) is 12. The van der Waals surface area contributed by atoms with Crippen LogP contribution in [0.3, 0.4) is 0 Å². The fourth-order valence-electron chi connectivity index (χ4n) is 4.43. The third-order valence-corrected chi connectivity index (χ3v) is 8.41. The molecule has 0 aliphatic heterocycles. The van der Waals surface area contributed by atoms with E-state index in [0.29, 0.717) is 33.9 Å². The first-order valence-corrected chi connectivity index (χ1v) is 14.6. The molecule has 1 saturated carbocycles. The molecule has 1 aliphatic rings.